The fraction of sp³-hybridized carbons (Fsp3) is 0.333. The van der Waals surface area contributed by atoms with Crippen LogP contribution in [0.1, 0.15) is 39.9 Å². The zero-order chi connectivity index (χ0) is 18.0. The van der Waals surface area contributed by atoms with Crippen molar-refractivity contribution in [1.82, 2.24) is 0 Å². The molecule has 0 aliphatic rings. The van der Waals surface area contributed by atoms with Crippen molar-refractivity contribution >= 4 is 17.6 Å². The van der Waals surface area contributed by atoms with Crippen LogP contribution in [0.25, 0.3) is 0 Å². The summed E-state index contributed by atoms with van der Waals surface area (Å²) >= 11 is 0. The van der Waals surface area contributed by atoms with E-state index in [0.717, 1.165) is 0 Å². The van der Waals surface area contributed by atoms with Crippen LogP contribution in [0.15, 0.2) is 22.6 Å². The Bertz CT molecular complexity index is 795. The van der Waals surface area contributed by atoms with Crippen molar-refractivity contribution in [1.29, 1.82) is 0 Å². The van der Waals surface area contributed by atoms with Crippen LogP contribution in [0, 0.1) is 33.5 Å². The monoisotopic (exact) mass is 333 g/mol. The number of carbonyl (C=O) groups is 2. The smallest absolute Gasteiger partial charge is 0.342 e. The Morgan fingerprint density at radius 1 is 1.17 bits per heavy atom. The zero-order valence-corrected chi connectivity index (χ0v) is 14.3. The molecule has 2 rings (SSSR count). The molecule has 24 heavy (non-hydrogen) atoms. The third-order valence-electron chi connectivity index (χ3n) is 3.86. The highest BCUT2D eigenvalue weighted by atomic mass is 19.1. The third-order valence-corrected chi connectivity index (χ3v) is 3.86. The number of amides is 1. The number of hydrogen-bond donors (Lipinski definition) is 1. The molecule has 0 fully saturated rings. The summed E-state index contributed by atoms with van der Waals surface area (Å²) in [6, 6.07) is 4.36. The minimum atomic E-state index is -1.03. The first-order valence-electron chi connectivity index (χ1n) is 7.55. The number of anilines is 1. The lowest BCUT2D eigenvalue weighted by Gasteiger charge is -2.14. The predicted octanol–water partition coefficient (Wildman–Crippen LogP) is 3.84. The van der Waals surface area contributed by atoms with Crippen LogP contribution in [0.3, 0.4) is 0 Å². The maximum Gasteiger partial charge on any atom is 0.342 e. The third kappa shape index (κ3) is 3.64. The standard InChI is InChI=1S/C18H20FNO4/c1-9-6-7-14(8-15(9)19)20-17(21)13(5)24-18(22)16-10(2)11(3)23-12(16)4/h6-8,13H,1-5H3,(H,20,21)/t13-/m0/s1. The van der Waals surface area contributed by atoms with E-state index in [2.05, 4.69) is 5.32 Å². The maximum absolute atomic E-state index is 13.5. The largest absolute Gasteiger partial charge is 0.465 e. The lowest BCUT2D eigenvalue weighted by Crippen LogP contribution is -2.30. The second-order valence-corrected chi connectivity index (χ2v) is 5.72. The van der Waals surface area contributed by atoms with Gasteiger partial charge in [-0.1, -0.05) is 6.07 Å². The zero-order valence-electron chi connectivity index (χ0n) is 14.3. The van der Waals surface area contributed by atoms with Gasteiger partial charge in [0.25, 0.3) is 5.91 Å². The Hall–Kier alpha value is -2.63. The van der Waals surface area contributed by atoms with Gasteiger partial charge in [-0.2, -0.15) is 0 Å². The van der Waals surface area contributed by atoms with Gasteiger partial charge in [0.1, 0.15) is 22.9 Å². The lowest BCUT2D eigenvalue weighted by molar-refractivity contribution is -0.123. The summed E-state index contributed by atoms with van der Waals surface area (Å²) < 4.78 is 24.1. The van der Waals surface area contributed by atoms with Crippen LogP contribution in [-0.2, 0) is 9.53 Å². The molecule has 1 N–H and O–H groups in total. The molecule has 1 aromatic carbocycles. The molecule has 0 unspecified atom stereocenters. The summed E-state index contributed by atoms with van der Waals surface area (Å²) in [6.45, 7) is 8.25. The summed E-state index contributed by atoms with van der Waals surface area (Å²) in [6.07, 6.45) is -1.03. The van der Waals surface area contributed by atoms with E-state index in [4.69, 9.17) is 9.15 Å². The minimum absolute atomic E-state index is 0.303. The fourth-order valence-electron chi connectivity index (χ4n) is 2.28. The van der Waals surface area contributed by atoms with Crippen LogP contribution < -0.4 is 5.32 Å². The van der Waals surface area contributed by atoms with Crippen molar-refractivity contribution in [3.63, 3.8) is 0 Å². The van der Waals surface area contributed by atoms with E-state index in [0.29, 0.717) is 33.9 Å². The number of carbonyl (C=O) groups excluding carboxylic acids is 2. The normalized spacial score (nSPS) is 11.9. The molecular weight excluding hydrogens is 313 g/mol. The number of benzene rings is 1. The van der Waals surface area contributed by atoms with Crippen LogP contribution in [0.2, 0.25) is 0 Å². The van der Waals surface area contributed by atoms with Gasteiger partial charge in [-0.25, -0.2) is 9.18 Å². The number of halogens is 1. The molecule has 0 bridgehead atoms. The van der Waals surface area contributed by atoms with Crippen molar-refractivity contribution in [3.05, 3.63) is 52.2 Å². The number of furan rings is 1. The van der Waals surface area contributed by atoms with Gasteiger partial charge < -0.3 is 14.5 Å². The highest BCUT2D eigenvalue weighted by Crippen LogP contribution is 2.22. The van der Waals surface area contributed by atoms with Crippen molar-refractivity contribution in [2.45, 2.75) is 40.7 Å². The lowest BCUT2D eigenvalue weighted by atomic mass is 10.1. The van der Waals surface area contributed by atoms with E-state index >= 15 is 0 Å². The quantitative estimate of drug-likeness (QED) is 0.863. The molecule has 5 nitrogen and oxygen atoms in total. The minimum Gasteiger partial charge on any atom is -0.465 e. The first-order chi connectivity index (χ1) is 11.2. The van der Waals surface area contributed by atoms with Gasteiger partial charge in [0.2, 0.25) is 0 Å². The van der Waals surface area contributed by atoms with Crippen LogP contribution >= 0.6 is 0 Å². The first-order valence-corrected chi connectivity index (χ1v) is 7.55. The molecule has 1 heterocycles. The second-order valence-electron chi connectivity index (χ2n) is 5.72. The van der Waals surface area contributed by atoms with Crippen LogP contribution in [-0.4, -0.2) is 18.0 Å². The van der Waals surface area contributed by atoms with E-state index < -0.39 is 23.8 Å². The number of nitrogens with one attached hydrogen (secondary N) is 1. The molecule has 6 heteroatoms. The summed E-state index contributed by atoms with van der Waals surface area (Å²) in [5, 5.41) is 2.52. The highest BCUT2D eigenvalue weighted by molar-refractivity contribution is 5.98. The number of hydrogen-bond acceptors (Lipinski definition) is 4. The van der Waals surface area contributed by atoms with Gasteiger partial charge in [-0.3, -0.25) is 4.79 Å². The maximum atomic E-state index is 13.5. The predicted molar refractivity (Wildman–Crippen MR) is 87.6 cm³/mol. The average Bonchev–Trinajstić information content (AvgIpc) is 2.75. The SMILES string of the molecule is Cc1ccc(NC(=O)[C@H](C)OC(=O)c2c(C)oc(C)c2C)cc1F. The molecule has 0 aliphatic carbocycles. The van der Waals surface area contributed by atoms with Crippen molar-refractivity contribution in [3.8, 4) is 0 Å². The molecule has 128 valence electrons. The Morgan fingerprint density at radius 2 is 1.83 bits per heavy atom. The first kappa shape index (κ1) is 17.7. The van der Waals surface area contributed by atoms with Crippen molar-refractivity contribution < 1.29 is 23.1 Å². The van der Waals surface area contributed by atoms with Crippen molar-refractivity contribution in [2.75, 3.05) is 5.32 Å². The Morgan fingerprint density at radius 3 is 2.38 bits per heavy atom. The van der Waals surface area contributed by atoms with E-state index in [1.165, 1.54) is 13.0 Å². The van der Waals surface area contributed by atoms with E-state index in [1.807, 2.05) is 0 Å². The molecular formula is C18H20FNO4. The molecule has 0 saturated carbocycles. The Balaban J connectivity index is 2.05. The van der Waals surface area contributed by atoms with E-state index in [9.17, 15) is 14.0 Å². The molecule has 0 spiro atoms. The molecule has 0 aliphatic heterocycles. The van der Waals surface area contributed by atoms with Gasteiger partial charge in [0.05, 0.1) is 0 Å². The number of ether oxygens (including phenoxy) is 1. The molecule has 1 aromatic heterocycles. The van der Waals surface area contributed by atoms with Gasteiger partial charge in [0.15, 0.2) is 6.10 Å². The van der Waals surface area contributed by atoms with Gasteiger partial charge in [0, 0.05) is 11.3 Å². The molecule has 1 amide bonds. The van der Waals surface area contributed by atoms with E-state index in [-0.39, 0.29) is 0 Å². The average molecular weight is 333 g/mol. The summed E-state index contributed by atoms with van der Waals surface area (Å²) in [5.41, 5.74) is 1.80. The highest BCUT2D eigenvalue weighted by Gasteiger charge is 2.24. The molecule has 0 radical (unpaired) electrons. The number of esters is 1. The molecule has 1 atom stereocenters. The number of aryl methyl sites for hydroxylation is 3. The number of rotatable bonds is 4. The second kappa shape index (κ2) is 6.86. The topological polar surface area (TPSA) is 68.5 Å². The Kier molecular flexibility index (Phi) is 5.07. The Labute approximate surface area is 139 Å². The van der Waals surface area contributed by atoms with Gasteiger partial charge in [-0.15, -0.1) is 0 Å². The molecule has 2 aromatic rings. The summed E-state index contributed by atoms with van der Waals surface area (Å²) in [4.78, 5) is 24.4. The summed E-state index contributed by atoms with van der Waals surface area (Å²) in [5.74, 6) is -0.505. The fourth-order valence-corrected chi connectivity index (χ4v) is 2.28. The van der Waals surface area contributed by atoms with Crippen LogP contribution in [0.4, 0.5) is 10.1 Å². The van der Waals surface area contributed by atoms with E-state index in [1.54, 1.807) is 39.8 Å². The van der Waals surface area contributed by atoms with Crippen LogP contribution in [0.5, 0.6) is 0 Å². The molecule has 0 saturated heterocycles. The van der Waals surface area contributed by atoms with Crippen molar-refractivity contribution in [2.24, 2.45) is 0 Å². The van der Waals surface area contributed by atoms with Gasteiger partial charge in [-0.05, 0) is 52.3 Å². The van der Waals surface area contributed by atoms with Gasteiger partial charge >= 0.3 is 5.97 Å². The summed E-state index contributed by atoms with van der Waals surface area (Å²) in [7, 11) is 0.